The zero-order valence-electron chi connectivity index (χ0n) is 10.7. The predicted molar refractivity (Wildman–Crippen MR) is 64.4 cm³/mol. The Kier molecular flexibility index (Phi) is 4.41. The van der Waals surface area contributed by atoms with E-state index in [1.54, 1.807) is 5.32 Å². The van der Waals surface area contributed by atoms with Crippen LogP contribution in [0.1, 0.15) is 0 Å². The molecule has 0 saturated carbocycles. The van der Waals surface area contributed by atoms with E-state index in [-0.39, 0.29) is 19.2 Å². The second-order valence-corrected chi connectivity index (χ2v) is 4.34. The van der Waals surface area contributed by atoms with Crippen molar-refractivity contribution < 1.29 is 27.2 Å². The number of nitrogens with zero attached hydrogens (tertiary/aromatic N) is 1. The Hall–Kier alpha value is -2.16. The van der Waals surface area contributed by atoms with Crippen LogP contribution in [0, 0.1) is 23.3 Å². The number of amides is 2. The number of rotatable bonds is 1. The molecular weight excluding hydrogens is 294 g/mol. The number of piperazine rings is 1. The van der Waals surface area contributed by atoms with Crippen molar-refractivity contribution in [1.29, 1.82) is 0 Å². The maximum atomic E-state index is 13.4. The quantitative estimate of drug-likeness (QED) is 0.454. The van der Waals surface area contributed by atoms with E-state index in [2.05, 4.69) is 5.32 Å². The summed E-state index contributed by atoms with van der Waals surface area (Å²) in [5, 5.41) is 4.52. The van der Waals surface area contributed by atoms with Gasteiger partial charge in [0.2, 0.25) is 0 Å². The van der Waals surface area contributed by atoms with Gasteiger partial charge in [-0.25, -0.2) is 17.6 Å². The van der Waals surface area contributed by atoms with Gasteiger partial charge >= 0.3 is 11.8 Å². The number of nitrogens with one attached hydrogen (secondary N) is 2. The van der Waals surface area contributed by atoms with Crippen molar-refractivity contribution in [2.75, 3.05) is 31.5 Å². The zero-order chi connectivity index (χ0) is 15.6. The summed E-state index contributed by atoms with van der Waals surface area (Å²) >= 11 is 0. The van der Waals surface area contributed by atoms with Gasteiger partial charge in [0.25, 0.3) is 0 Å². The van der Waals surface area contributed by atoms with Crippen LogP contribution in [0.25, 0.3) is 0 Å². The van der Waals surface area contributed by atoms with Gasteiger partial charge in [-0.2, -0.15) is 0 Å². The van der Waals surface area contributed by atoms with E-state index in [4.69, 9.17) is 0 Å². The maximum Gasteiger partial charge on any atom is 0.314 e. The Morgan fingerprint density at radius 3 is 2.10 bits per heavy atom. The predicted octanol–water partition coefficient (Wildman–Crippen LogP) is 0.613. The third kappa shape index (κ3) is 3.13. The van der Waals surface area contributed by atoms with E-state index >= 15 is 0 Å². The average Bonchev–Trinajstić information content (AvgIpc) is 2.49. The maximum absolute atomic E-state index is 13.4. The molecule has 1 saturated heterocycles. The SMILES string of the molecule is O=C(Nc1c(F)c(F)cc(F)c1F)C(=O)N1CCNCC1. The Labute approximate surface area is 116 Å². The van der Waals surface area contributed by atoms with Crippen LogP contribution in [0.2, 0.25) is 0 Å². The second kappa shape index (κ2) is 6.08. The fourth-order valence-corrected chi connectivity index (χ4v) is 1.86. The van der Waals surface area contributed by atoms with Gasteiger partial charge in [0.15, 0.2) is 23.3 Å². The number of halogens is 4. The summed E-state index contributed by atoms with van der Waals surface area (Å²) < 4.78 is 52.7. The van der Waals surface area contributed by atoms with Crippen molar-refractivity contribution in [3.63, 3.8) is 0 Å². The summed E-state index contributed by atoms with van der Waals surface area (Å²) in [5.74, 6) is -9.26. The van der Waals surface area contributed by atoms with Gasteiger partial charge in [-0.05, 0) is 0 Å². The summed E-state index contributed by atoms with van der Waals surface area (Å²) in [6, 6.07) is 0.0124. The summed E-state index contributed by atoms with van der Waals surface area (Å²) in [4.78, 5) is 24.6. The molecule has 2 amide bonds. The van der Waals surface area contributed by atoms with Gasteiger partial charge in [0.1, 0.15) is 5.69 Å². The van der Waals surface area contributed by atoms with E-state index in [0.29, 0.717) is 13.1 Å². The number of hydrogen-bond donors (Lipinski definition) is 2. The van der Waals surface area contributed by atoms with Crippen molar-refractivity contribution in [2.45, 2.75) is 0 Å². The topological polar surface area (TPSA) is 61.4 Å². The van der Waals surface area contributed by atoms with Crippen molar-refractivity contribution in [1.82, 2.24) is 10.2 Å². The lowest BCUT2D eigenvalue weighted by molar-refractivity contribution is -0.143. The minimum Gasteiger partial charge on any atom is -0.332 e. The minimum absolute atomic E-state index is 0.0124. The largest absolute Gasteiger partial charge is 0.332 e. The van der Waals surface area contributed by atoms with Gasteiger partial charge in [-0.15, -0.1) is 0 Å². The molecule has 1 aliphatic rings. The summed E-state index contributed by atoms with van der Waals surface area (Å²) in [6.45, 7) is 1.43. The van der Waals surface area contributed by atoms with Crippen LogP contribution >= 0.6 is 0 Å². The molecule has 9 heteroatoms. The molecule has 0 unspecified atom stereocenters. The average molecular weight is 305 g/mol. The van der Waals surface area contributed by atoms with E-state index in [9.17, 15) is 27.2 Å². The molecule has 1 aromatic rings. The normalized spacial score (nSPS) is 15.0. The Morgan fingerprint density at radius 2 is 1.57 bits per heavy atom. The highest BCUT2D eigenvalue weighted by atomic mass is 19.2. The monoisotopic (exact) mass is 305 g/mol. The molecule has 1 fully saturated rings. The summed E-state index contributed by atoms with van der Waals surface area (Å²) in [7, 11) is 0. The second-order valence-electron chi connectivity index (χ2n) is 4.34. The van der Waals surface area contributed by atoms with Crippen molar-refractivity contribution >= 4 is 17.5 Å². The van der Waals surface area contributed by atoms with Crippen molar-refractivity contribution in [3.8, 4) is 0 Å². The lowest BCUT2D eigenvalue weighted by atomic mass is 10.2. The highest BCUT2D eigenvalue weighted by Gasteiger charge is 2.27. The number of benzene rings is 1. The van der Waals surface area contributed by atoms with E-state index in [1.165, 1.54) is 0 Å². The third-order valence-electron chi connectivity index (χ3n) is 2.95. The third-order valence-corrected chi connectivity index (χ3v) is 2.95. The first-order chi connectivity index (χ1) is 9.91. The molecule has 0 spiro atoms. The summed E-state index contributed by atoms with van der Waals surface area (Å²) in [6.07, 6.45) is 0. The number of anilines is 1. The molecule has 1 aliphatic heterocycles. The molecule has 2 rings (SSSR count). The van der Waals surface area contributed by atoms with Crippen LogP contribution in [0.4, 0.5) is 23.2 Å². The van der Waals surface area contributed by atoms with E-state index in [1.807, 2.05) is 0 Å². The minimum atomic E-state index is -1.77. The number of hydrogen-bond acceptors (Lipinski definition) is 3. The van der Waals surface area contributed by atoms with Crippen LogP contribution in [0.3, 0.4) is 0 Å². The molecule has 21 heavy (non-hydrogen) atoms. The molecule has 0 aliphatic carbocycles. The van der Waals surface area contributed by atoms with Gasteiger partial charge in [0, 0.05) is 32.2 Å². The first-order valence-electron chi connectivity index (χ1n) is 6.05. The highest BCUT2D eigenvalue weighted by Crippen LogP contribution is 2.24. The lowest BCUT2D eigenvalue weighted by Gasteiger charge is -2.26. The van der Waals surface area contributed by atoms with Gasteiger partial charge in [-0.1, -0.05) is 0 Å². The standard InChI is InChI=1S/C12H11F4N3O2/c13-6-5-7(14)9(16)10(8(6)15)18-11(20)12(21)19-3-1-17-2-4-19/h5,17H,1-4H2,(H,18,20). The zero-order valence-corrected chi connectivity index (χ0v) is 10.7. The van der Waals surface area contributed by atoms with E-state index in [0.717, 1.165) is 4.90 Å². The molecule has 5 nitrogen and oxygen atoms in total. The Bertz CT molecular complexity index is 562. The first-order valence-corrected chi connectivity index (χ1v) is 6.05. The Morgan fingerprint density at radius 1 is 1.05 bits per heavy atom. The molecule has 114 valence electrons. The van der Waals surface area contributed by atoms with Crippen LogP contribution in [-0.4, -0.2) is 42.9 Å². The highest BCUT2D eigenvalue weighted by molar-refractivity contribution is 6.39. The Balaban J connectivity index is 2.18. The molecule has 0 aromatic heterocycles. The van der Waals surface area contributed by atoms with E-state index < -0.39 is 40.8 Å². The fraction of sp³-hybridized carbons (Fsp3) is 0.333. The van der Waals surface area contributed by atoms with Gasteiger partial charge in [0.05, 0.1) is 0 Å². The van der Waals surface area contributed by atoms with Crippen LogP contribution < -0.4 is 10.6 Å². The molecule has 0 bridgehead atoms. The van der Waals surface area contributed by atoms with Crippen molar-refractivity contribution in [2.24, 2.45) is 0 Å². The molecule has 0 atom stereocenters. The van der Waals surface area contributed by atoms with Gasteiger partial charge in [-0.3, -0.25) is 9.59 Å². The molecule has 1 aromatic carbocycles. The van der Waals surface area contributed by atoms with Crippen molar-refractivity contribution in [3.05, 3.63) is 29.3 Å². The van der Waals surface area contributed by atoms with Gasteiger partial charge < -0.3 is 15.5 Å². The lowest BCUT2D eigenvalue weighted by Crippen LogP contribution is -2.50. The smallest absolute Gasteiger partial charge is 0.314 e. The van der Waals surface area contributed by atoms with Crippen LogP contribution in [-0.2, 0) is 9.59 Å². The molecule has 0 radical (unpaired) electrons. The van der Waals surface area contributed by atoms with Crippen LogP contribution in [0.15, 0.2) is 6.07 Å². The summed E-state index contributed by atoms with van der Waals surface area (Å²) in [5.41, 5.74) is -1.32. The fourth-order valence-electron chi connectivity index (χ4n) is 1.86. The number of carbonyl (C=O) groups is 2. The first kappa shape index (κ1) is 15.2. The molecule has 2 N–H and O–H groups in total. The number of carbonyl (C=O) groups excluding carboxylic acids is 2. The van der Waals surface area contributed by atoms with Crippen LogP contribution in [0.5, 0.6) is 0 Å². The molecular formula is C12H11F4N3O2. The molecule has 1 heterocycles.